The fraction of sp³-hybridized carbons (Fsp3) is 0.364. The van der Waals surface area contributed by atoms with E-state index in [1.165, 1.54) is 42.3 Å². The number of hydrogen-bond acceptors (Lipinski definition) is 7. The number of tetrazole rings is 1. The number of carboxylic acid groups (broad SMARTS) is 1. The maximum atomic E-state index is 13.7. The first-order valence-electron chi connectivity index (χ1n) is 11.1. The number of amides is 1. The first kappa shape index (κ1) is 22.9. The Morgan fingerprint density at radius 3 is 2.54 bits per heavy atom. The highest BCUT2D eigenvalue weighted by molar-refractivity contribution is 7.22. The molecule has 0 atom stereocenters. The number of benzene rings is 1. The van der Waals surface area contributed by atoms with E-state index < -0.39 is 23.4 Å². The zero-order chi connectivity index (χ0) is 24.7. The molecule has 0 aliphatic carbocycles. The van der Waals surface area contributed by atoms with Crippen LogP contribution in [0.1, 0.15) is 31.6 Å². The number of rotatable bonds is 5. The van der Waals surface area contributed by atoms with Crippen molar-refractivity contribution in [3.63, 3.8) is 0 Å². The molecule has 1 aliphatic rings. The van der Waals surface area contributed by atoms with Gasteiger partial charge in [-0.1, -0.05) is 12.1 Å². The smallest absolute Gasteiger partial charge is 0.407 e. The highest BCUT2D eigenvalue weighted by atomic mass is 32.1. The minimum Gasteiger partial charge on any atom is -0.465 e. The third kappa shape index (κ3) is 4.22. The summed E-state index contributed by atoms with van der Waals surface area (Å²) in [7, 11) is 0. The molecule has 0 radical (unpaired) electrons. The summed E-state index contributed by atoms with van der Waals surface area (Å²) in [4.78, 5) is 41.9. The van der Waals surface area contributed by atoms with E-state index in [2.05, 4.69) is 15.4 Å². The highest BCUT2D eigenvalue weighted by Crippen LogP contribution is 2.32. The Morgan fingerprint density at radius 2 is 1.91 bits per heavy atom. The number of hydrogen-bond donors (Lipinski definition) is 1. The Bertz CT molecular complexity index is 1510. The summed E-state index contributed by atoms with van der Waals surface area (Å²) in [5.41, 5.74) is 0.241. The van der Waals surface area contributed by atoms with Crippen LogP contribution in [0.4, 0.5) is 9.18 Å². The van der Waals surface area contributed by atoms with Gasteiger partial charge < -0.3 is 10.0 Å². The molecule has 1 fully saturated rings. The third-order valence-corrected chi connectivity index (χ3v) is 7.32. The predicted octanol–water partition coefficient (Wildman–Crippen LogP) is 2.40. The normalized spacial score (nSPS) is 14.6. The molecule has 1 aromatic carbocycles. The second-order valence-corrected chi connectivity index (χ2v) is 9.32. The van der Waals surface area contributed by atoms with Gasteiger partial charge in [0, 0.05) is 24.0 Å². The lowest BCUT2D eigenvalue weighted by Crippen LogP contribution is -2.46. The van der Waals surface area contributed by atoms with Crippen LogP contribution in [0, 0.1) is 5.82 Å². The maximum Gasteiger partial charge on any atom is 0.407 e. The van der Waals surface area contributed by atoms with Gasteiger partial charge in [0.25, 0.3) is 5.56 Å². The Hall–Kier alpha value is -3.87. The van der Waals surface area contributed by atoms with Gasteiger partial charge in [-0.05, 0) is 48.7 Å². The zero-order valence-electron chi connectivity index (χ0n) is 18.8. The van der Waals surface area contributed by atoms with Crippen LogP contribution in [0.2, 0.25) is 0 Å². The molecule has 5 rings (SSSR count). The summed E-state index contributed by atoms with van der Waals surface area (Å²) in [6, 6.07) is 7.24. The number of nitrogens with zero attached hydrogens (tertiary/aromatic N) is 7. The number of carbonyl (C=O) groups is 1. The number of fused-ring (bicyclic) bond motifs is 1. The average Bonchev–Trinajstić information content (AvgIpc) is 3.50. The summed E-state index contributed by atoms with van der Waals surface area (Å²) in [6.45, 7) is 2.88. The summed E-state index contributed by atoms with van der Waals surface area (Å²) >= 11 is 1.23. The topological polar surface area (TPSA) is 128 Å². The van der Waals surface area contributed by atoms with Crippen molar-refractivity contribution in [3.8, 4) is 10.4 Å². The number of piperidine rings is 1. The number of thiophene rings is 1. The number of halogens is 1. The summed E-state index contributed by atoms with van der Waals surface area (Å²) in [5.74, 6) is -0.0393. The molecule has 11 nitrogen and oxygen atoms in total. The lowest BCUT2D eigenvalue weighted by atomic mass is 10.1. The fourth-order valence-corrected chi connectivity index (χ4v) is 5.43. The summed E-state index contributed by atoms with van der Waals surface area (Å²) < 4.78 is 16.5. The van der Waals surface area contributed by atoms with Crippen molar-refractivity contribution in [3.05, 3.63) is 62.8 Å². The molecule has 13 heteroatoms. The molecule has 3 aromatic heterocycles. The van der Waals surface area contributed by atoms with Gasteiger partial charge in [-0.15, -0.1) is 21.5 Å². The molecule has 1 aliphatic heterocycles. The Kier molecular flexibility index (Phi) is 5.93. The Balaban J connectivity index is 1.65. The summed E-state index contributed by atoms with van der Waals surface area (Å²) in [6.07, 6.45) is -0.308. The van der Waals surface area contributed by atoms with Crippen molar-refractivity contribution in [2.45, 2.75) is 38.9 Å². The highest BCUT2D eigenvalue weighted by Gasteiger charge is 2.28. The zero-order valence-corrected chi connectivity index (χ0v) is 19.6. The second kappa shape index (κ2) is 9.06. The van der Waals surface area contributed by atoms with E-state index in [4.69, 9.17) is 0 Å². The molecule has 1 N–H and O–H groups in total. The van der Waals surface area contributed by atoms with Crippen molar-refractivity contribution in [1.82, 2.24) is 34.2 Å². The van der Waals surface area contributed by atoms with Gasteiger partial charge in [0.05, 0.1) is 18.6 Å². The SMILES string of the molecule is CCn1nnc(Cn2c(=O)n(C3CCN(C(=O)O)CC3)c(=O)c3sc(-c4ccc(F)cc4)cc32)n1. The van der Waals surface area contributed by atoms with E-state index in [9.17, 15) is 23.9 Å². The second-order valence-electron chi connectivity index (χ2n) is 8.27. The summed E-state index contributed by atoms with van der Waals surface area (Å²) in [5, 5.41) is 21.5. The predicted molar refractivity (Wildman–Crippen MR) is 126 cm³/mol. The third-order valence-electron chi connectivity index (χ3n) is 6.16. The van der Waals surface area contributed by atoms with Gasteiger partial charge in [-0.3, -0.25) is 13.9 Å². The largest absolute Gasteiger partial charge is 0.465 e. The average molecular weight is 500 g/mol. The maximum absolute atomic E-state index is 13.7. The molecule has 182 valence electrons. The molecule has 4 aromatic rings. The van der Waals surface area contributed by atoms with E-state index in [0.717, 1.165) is 5.56 Å². The van der Waals surface area contributed by atoms with Crippen LogP contribution in [0.3, 0.4) is 0 Å². The van der Waals surface area contributed by atoms with E-state index >= 15 is 0 Å². The van der Waals surface area contributed by atoms with Crippen molar-refractivity contribution in [1.29, 1.82) is 0 Å². The minimum absolute atomic E-state index is 0.0170. The molecule has 0 saturated carbocycles. The molecule has 4 heterocycles. The van der Waals surface area contributed by atoms with Crippen LogP contribution in [-0.4, -0.2) is 58.5 Å². The Morgan fingerprint density at radius 1 is 1.20 bits per heavy atom. The molecule has 0 spiro atoms. The number of aryl methyl sites for hydroxylation is 1. The molecule has 0 bridgehead atoms. The van der Waals surface area contributed by atoms with Gasteiger partial charge >= 0.3 is 11.8 Å². The first-order chi connectivity index (χ1) is 16.9. The van der Waals surface area contributed by atoms with Crippen LogP contribution in [-0.2, 0) is 13.1 Å². The van der Waals surface area contributed by atoms with Crippen molar-refractivity contribution >= 4 is 27.6 Å². The lowest BCUT2D eigenvalue weighted by Gasteiger charge is -2.30. The van der Waals surface area contributed by atoms with Crippen molar-refractivity contribution in [2.24, 2.45) is 0 Å². The number of aromatic nitrogens is 6. The van der Waals surface area contributed by atoms with Gasteiger partial charge in [0.15, 0.2) is 5.82 Å². The van der Waals surface area contributed by atoms with Gasteiger partial charge in [-0.25, -0.2) is 14.0 Å². The van der Waals surface area contributed by atoms with E-state index in [0.29, 0.717) is 40.3 Å². The fourth-order valence-electron chi connectivity index (χ4n) is 4.33. The van der Waals surface area contributed by atoms with Crippen LogP contribution in [0.5, 0.6) is 0 Å². The van der Waals surface area contributed by atoms with Crippen LogP contribution < -0.4 is 11.2 Å². The van der Waals surface area contributed by atoms with Gasteiger partial charge in [-0.2, -0.15) is 4.80 Å². The van der Waals surface area contributed by atoms with E-state index in [1.54, 1.807) is 18.2 Å². The molecule has 1 saturated heterocycles. The molecule has 35 heavy (non-hydrogen) atoms. The minimum atomic E-state index is -1.02. The molecular weight excluding hydrogens is 477 g/mol. The molecule has 0 unspecified atom stereocenters. The quantitative estimate of drug-likeness (QED) is 0.447. The van der Waals surface area contributed by atoms with Gasteiger partial charge in [0.2, 0.25) is 0 Å². The lowest BCUT2D eigenvalue weighted by molar-refractivity contribution is 0.124. The van der Waals surface area contributed by atoms with E-state index in [-0.39, 0.29) is 25.5 Å². The standard InChI is InChI=1S/C22H22FN7O4S/c1-2-29-25-18(24-26-29)12-28-16-11-17(13-3-5-14(23)6-4-13)35-19(16)20(31)30(21(28)32)15-7-9-27(10-8-15)22(33)34/h3-6,11,15H,2,7-10,12H2,1H3,(H,33,34). The van der Waals surface area contributed by atoms with Crippen LogP contribution in [0.15, 0.2) is 39.9 Å². The molecular formula is C22H22FN7O4S. The van der Waals surface area contributed by atoms with Crippen LogP contribution in [0.25, 0.3) is 20.7 Å². The first-order valence-corrected chi connectivity index (χ1v) is 12.0. The monoisotopic (exact) mass is 499 g/mol. The Labute approximate surface area is 201 Å². The number of likely N-dealkylation sites (tertiary alicyclic amines) is 1. The van der Waals surface area contributed by atoms with Crippen molar-refractivity contribution < 1.29 is 14.3 Å². The molecule has 1 amide bonds. The van der Waals surface area contributed by atoms with Gasteiger partial charge in [0.1, 0.15) is 10.5 Å². The van der Waals surface area contributed by atoms with Crippen LogP contribution >= 0.6 is 11.3 Å². The van der Waals surface area contributed by atoms with Crippen molar-refractivity contribution in [2.75, 3.05) is 13.1 Å². The van der Waals surface area contributed by atoms with E-state index in [1.807, 2.05) is 6.92 Å².